The molecule has 2 aromatic carbocycles. The van der Waals surface area contributed by atoms with Crippen LogP contribution in [0.4, 0.5) is 0 Å². The van der Waals surface area contributed by atoms with E-state index in [1.807, 2.05) is 0 Å². The van der Waals surface area contributed by atoms with Crippen molar-refractivity contribution in [3.05, 3.63) is 75.8 Å². The molecular weight excluding hydrogens is 400 g/mol. The molecule has 1 atom stereocenters. The van der Waals surface area contributed by atoms with E-state index in [4.69, 9.17) is 33.3 Å². The Balaban J connectivity index is 2.11. The smallest absolute Gasteiger partial charge is 0.338 e. The second-order valence-electron chi connectivity index (χ2n) is 5.93. The third kappa shape index (κ3) is 4.00. The van der Waals surface area contributed by atoms with Gasteiger partial charge in [-0.2, -0.15) is 0 Å². The number of methoxy groups -OCH3 is 2. The number of rotatable bonds is 4. The second kappa shape index (κ2) is 8.41. The molecule has 3 rings (SSSR count). The number of ether oxygens (including phenoxy) is 2. The first-order chi connectivity index (χ1) is 13.4. The van der Waals surface area contributed by atoms with Gasteiger partial charge in [0.2, 0.25) is 0 Å². The summed E-state index contributed by atoms with van der Waals surface area (Å²) < 4.78 is 9.73. The van der Waals surface area contributed by atoms with Crippen molar-refractivity contribution in [3.63, 3.8) is 0 Å². The van der Waals surface area contributed by atoms with Gasteiger partial charge in [0.25, 0.3) is 0 Å². The van der Waals surface area contributed by atoms with Crippen LogP contribution in [0.3, 0.4) is 0 Å². The van der Waals surface area contributed by atoms with Crippen LogP contribution in [0.5, 0.6) is 0 Å². The van der Waals surface area contributed by atoms with E-state index in [0.29, 0.717) is 27.0 Å². The molecule has 0 bridgehead atoms. The zero-order chi connectivity index (χ0) is 20.3. The van der Waals surface area contributed by atoms with Crippen molar-refractivity contribution in [2.45, 2.75) is 6.04 Å². The van der Waals surface area contributed by atoms with E-state index in [9.17, 15) is 9.59 Å². The summed E-state index contributed by atoms with van der Waals surface area (Å²) in [6.45, 7) is 0. The quantitative estimate of drug-likeness (QED) is 0.585. The highest BCUT2D eigenvalue weighted by Gasteiger charge is 2.32. The highest BCUT2D eigenvalue weighted by molar-refractivity contribution is 7.80. The average Bonchev–Trinajstić information content (AvgIpc) is 2.72. The molecule has 0 spiro atoms. The van der Waals surface area contributed by atoms with Crippen molar-refractivity contribution in [2.24, 2.45) is 0 Å². The van der Waals surface area contributed by atoms with Gasteiger partial charge in [0, 0.05) is 5.02 Å². The molecule has 8 heteroatoms. The fourth-order valence-electron chi connectivity index (χ4n) is 2.92. The molecule has 0 aromatic heterocycles. The largest absolute Gasteiger partial charge is 0.466 e. The van der Waals surface area contributed by atoms with Gasteiger partial charge in [-0.3, -0.25) is 0 Å². The van der Waals surface area contributed by atoms with Crippen LogP contribution in [0.15, 0.2) is 54.1 Å². The van der Waals surface area contributed by atoms with Crippen LogP contribution in [-0.4, -0.2) is 31.3 Å². The Kier molecular flexibility index (Phi) is 5.96. The number of thiocarbonyl (C=S) groups is 1. The van der Waals surface area contributed by atoms with Gasteiger partial charge in [-0.1, -0.05) is 35.9 Å². The van der Waals surface area contributed by atoms with Crippen molar-refractivity contribution in [2.75, 3.05) is 14.2 Å². The molecule has 1 heterocycles. The number of carbonyl (C=O) groups excluding carboxylic acids is 2. The Bertz CT molecular complexity index is 955. The zero-order valence-electron chi connectivity index (χ0n) is 15.1. The van der Waals surface area contributed by atoms with Crippen molar-refractivity contribution >= 4 is 46.6 Å². The predicted octanol–water partition coefficient (Wildman–Crippen LogP) is 3.23. The Morgan fingerprint density at radius 3 is 2.14 bits per heavy atom. The van der Waals surface area contributed by atoms with Crippen LogP contribution in [0.25, 0.3) is 5.70 Å². The SMILES string of the molecule is COC(=O)C1=C(c2ccc(Cl)cc2)NC(=S)N[C@H]1c1ccc(C(=O)OC)cc1. The molecule has 28 heavy (non-hydrogen) atoms. The molecule has 2 aromatic rings. The normalized spacial score (nSPS) is 16.1. The van der Waals surface area contributed by atoms with Crippen LogP contribution in [0.1, 0.15) is 27.5 Å². The summed E-state index contributed by atoms with van der Waals surface area (Å²) in [6.07, 6.45) is 0. The van der Waals surface area contributed by atoms with E-state index in [1.165, 1.54) is 14.2 Å². The third-order valence-electron chi connectivity index (χ3n) is 4.28. The van der Waals surface area contributed by atoms with Gasteiger partial charge in [-0.05, 0) is 47.6 Å². The fourth-order valence-corrected chi connectivity index (χ4v) is 3.26. The van der Waals surface area contributed by atoms with Gasteiger partial charge < -0.3 is 20.1 Å². The summed E-state index contributed by atoms with van der Waals surface area (Å²) in [5, 5.41) is 7.07. The molecule has 0 fully saturated rings. The molecule has 0 radical (unpaired) electrons. The summed E-state index contributed by atoms with van der Waals surface area (Å²) in [6, 6.07) is 13.2. The van der Waals surface area contributed by atoms with Crippen LogP contribution < -0.4 is 10.6 Å². The lowest BCUT2D eigenvalue weighted by molar-refractivity contribution is -0.136. The van der Waals surface area contributed by atoms with E-state index >= 15 is 0 Å². The van der Waals surface area contributed by atoms with E-state index in [-0.39, 0.29) is 0 Å². The first-order valence-electron chi connectivity index (χ1n) is 8.28. The van der Waals surface area contributed by atoms with Crippen LogP contribution >= 0.6 is 23.8 Å². The van der Waals surface area contributed by atoms with Gasteiger partial charge in [0.1, 0.15) is 0 Å². The molecule has 0 unspecified atom stereocenters. The monoisotopic (exact) mass is 416 g/mol. The molecule has 2 N–H and O–H groups in total. The first-order valence-corrected chi connectivity index (χ1v) is 9.07. The highest BCUT2D eigenvalue weighted by atomic mass is 35.5. The van der Waals surface area contributed by atoms with Crippen LogP contribution in [0, 0.1) is 0 Å². The molecular formula is C20H17ClN2O4S. The van der Waals surface area contributed by atoms with Gasteiger partial charge in [-0.15, -0.1) is 0 Å². The van der Waals surface area contributed by atoms with E-state index < -0.39 is 18.0 Å². The third-order valence-corrected chi connectivity index (χ3v) is 4.75. The maximum Gasteiger partial charge on any atom is 0.338 e. The van der Waals surface area contributed by atoms with Crippen LogP contribution in [0.2, 0.25) is 5.02 Å². The molecule has 0 aliphatic carbocycles. The molecule has 1 aliphatic rings. The molecule has 6 nitrogen and oxygen atoms in total. The number of halogens is 1. The summed E-state index contributed by atoms with van der Waals surface area (Å²) >= 11 is 11.3. The number of nitrogens with one attached hydrogen (secondary N) is 2. The molecule has 0 saturated heterocycles. The van der Waals surface area contributed by atoms with E-state index in [0.717, 1.165) is 11.1 Å². The zero-order valence-corrected chi connectivity index (χ0v) is 16.7. The standard InChI is InChI=1S/C20H17ClN2O4S/c1-26-18(24)13-5-3-11(4-6-13)16-15(19(25)27-2)17(23-20(28)22-16)12-7-9-14(21)10-8-12/h3-10,16H,1-2H3,(H2,22,23,28)/t16-/m0/s1. The maximum atomic E-state index is 12.6. The summed E-state index contributed by atoms with van der Waals surface area (Å²) in [4.78, 5) is 24.3. The Hall–Kier alpha value is -2.90. The number of hydrogen-bond donors (Lipinski definition) is 2. The molecule has 1 aliphatic heterocycles. The Morgan fingerprint density at radius 1 is 0.964 bits per heavy atom. The lowest BCUT2D eigenvalue weighted by Gasteiger charge is -2.31. The lowest BCUT2D eigenvalue weighted by Crippen LogP contribution is -2.45. The molecule has 0 saturated carbocycles. The minimum atomic E-state index is -0.557. The van der Waals surface area contributed by atoms with Crippen molar-refractivity contribution in [1.29, 1.82) is 0 Å². The predicted molar refractivity (Wildman–Crippen MR) is 110 cm³/mol. The number of benzene rings is 2. The minimum absolute atomic E-state index is 0.361. The van der Waals surface area contributed by atoms with Crippen molar-refractivity contribution in [1.82, 2.24) is 10.6 Å². The van der Waals surface area contributed by atoms with Gasteiger partial charge in [0.05, 0.1) is 37.1 Å². The number of esters is 2. The molecule has 0 amide bonds. The highest BCUT2D eigenvalue weighted by Crippen LogP contribution is 2.32. The average molecular weight is 417 g/mol. The summed E-state index contributed by atoms with van der Waals surface area (Å²) in [7, 11) is 2.64. The first kappa shape index (κ1) is 19.9. The van der Waals surface area contributed by atoms with Crippen molar-refractivity contribution < 1.29 is 19.1 Å². The summed E-state index contributed by atoms with van der Waals surface area (Å²) in [5.74, 6) is -0.944. The van der Waals surface area contributed by atoms with Gasteiger partial charge >= 0.3 is 11.9 Å². The minimum Gasteiger partial charge on any atom is -0.466 e. The number of hydrogen-bond acceptors (Lipinski definition) is 5. The molecule has 144 valence electrons. The number of carbonyl (C=O) groups is 2. The van der Waals surface area contributed by atoms with E-state index in [2.05, 4.69) is 10.6 Å². The Morgan fingerprint density at radius 2 is 1.57 bits per heavy atom. The summed E-state index contributed by atoms with van der Waals surface area (Å²) in [5.41, 5.74) is 2.79. The second-order valence-corrected chi connectivity index (χ2v) is 6.78. The lowest BCUT2D eigenvalue weighted by atomic mass is 9.92. The fraction of sp³-hybridized carbons (Fsp3) is 0.150. The van der Waals surface area contributed by atoms with Gasteiger partial charge in [0.15, 0.2) is 5.11 Å². The maximum absolute atomic E-state index is 12.6. The Labute approximate surface area is 172 Å². The van der Waals surface area contributed by atoms with Crippen LogP contribution in [-0.2, 0) is 14.3 Å². The van der Waals surface area contributed by atoms with Crippen molar-refractivity contribution in [3.8, 4) is 0 Å². The van der Waals surface area contributed by atoms with E-state index in [1.54, 1.807) is 48.5 Å². The topological polar surface area (TPSA) is 76.7 Å². The van der Waals surface area contributed by atoms with Gasteiger partial charge in [-0.25, -0.2) is 9.59 Å².